The first-order valence-corrected chi connectivity index (χ1v) is 10.9. The van der Waals surface area contributed by atoms with Crippen LogP contribution in [-0.4, -0.2) is 43.7 Å². The molecule has 2 heterocycles. The number of carbonyl (C=O) groups excluding carboxylic acids is 2. The number of alkyl halides is 3. The Morgan fingerprint density at radius 1 is 1.18 bits per heavy atom. The van der Waals surface area contributed by atoms with Gasteiger partial charge in [0.05, 0.1) is 18.4 Å². The summed E-state index contributed by atoms with van der Waals surface area (Å²) in [4.78, 5) is 23.8. The van der Waals surface area contributed by atoms with E-state index in [1.165, 1.54) is 34.3 Å². The molecule has 2 aromatic heterocycles. The van der Waals surface area contributed by atoms with E-state index in [1.54, 1.807) is 6.92 Å². The number of hydrogen-bond acceptors (Lipinski definition) is 8. The van der Waals surface area contributed by atoms with Gasteiger partial charge in [-0.3, -0.25) is 9.48 Å². The molecular weight excluding hydrogens is 461 g/mol. The number of halogens is 3. The van der Waals surface area contributed by atoms with E-state index < -0.39 is 23.6 Å². The van der Waals surface area contributed by atoms with Gasteiger partial charge in [-0.15, -0.1) is 15.3 Å². The molecule has 0 aliphatic heterocycles. The van der Waals surface area contributed by atoms with Gasteiger partial charge < -0.3 is 10.1 Å². The largest absolute Gasteiger partial charge is 0.461 e. The summed E-state index contributed by atoms with van der Waals surface area (Å²) in [7, 11) is 0. The molecule has 33 heavy (non-hydrogen) atoms. The van der Waals surface area contributed by atoms with Crippen LogP contribution < -0.4 is 5.32 Å². The topological polar surface area (TPSA) is 112 Å². The van der Waals surface area contributed by atoms with Crippen LogP contribution in [0.1, 0.15) is 56.2 Å². The standard InChI is InChI=1S/C20H21F3N6O3S/c1-2-32-19(31)18-27-26-16(33-18)8-3-4-9-29-12-15(25-28-29)17(30)24-11-13-6-5-7-14(10-13)20(21,22)23/h5-7,10,12H,2-4,8-9,11H2,1H3,(H,24,30). The van der Waals surface area contributed by atoms with Crippen molar-refractivity contribution in [1.82, 2.24) is 30.5 Å². The molecule has 1 amide bonds. The fraction of sp³-hybridized carbons (Fsp3) is 0.400. The number of benzene rings is 1. The SMILES string of the molecule is CCOC(=O)c1nnc(CCCCn2cc(C(=O)NCc3cccc(C(F)(F)F)c3)nn2)s1. The normalized spacial score (nSPS) is 11.4. The van der Waals surface area contributed by atoms with Gasteiger partial charge in [-0.2, -0.15) is 13.2 Å². The Balaban J connectivity index is 1.42. The van der Waals surface area contributed by atoms with Crippen LogP contribution in [0.3, 0.4) is 0 Å². The summed E-state index contributed by atoms with van der Waals surface area (Å²) < 4.78 is 44.8. The van der Waals surface area contributed by atoms with E-state index >= 15 is 0 Å². The van der Waals surface area contributed by atoms with E-state index in [4.69, 9.17) is 4.74 Å². The molecule has 0 bridgehead atoms. The minimum absolute atomic E-state index is 0.0642. The maximum atomic E-state index is 12.8. The third-order valence-corrected chi connectivity index (χ3v) is 5.39. The zero-order valence-electron chi connectivity index (χ0n) is 17.6. The van der Waals surface area contributed by atoms with E-state index in [2.05, 4.69) is 25.8 Å². The third-order valence-electron chi connectivity index (χ3n) is 4.42. The Labute approximate surface area is 191 Å². The van der Waals surface area contributed by atoms with Crippen molar-refractivity contribution in [2.75, 3.05) is 6.61 Å². The minimum atomic E-state index is -4.44. The van der Waals surface area contributed by atoms with Crippen molar-refractivity contribution in [3.63, 3.8) is 0 Å². The number of aryl methyl sites for hydroxylation is 2. The van der Waals surface area contributed by atoms with Crippen LogP contribution in [0.5, 0.6) is 0 Å². The molecule has 0 aliphatic carbocycles. The maximum Gasteiger partial charge on any atom is 0.416 e. The highest BCUT2D eigenvalue weighted by Crippen LogP contribution is 2.29. The molecule has 0 fully saturated rings. The lowest BCUT2D eigenvalue weighted by molar-refractivity contribution is -0.137. The fourth-order valence-electron chi connectivity index (χ4n) is 2.82. The minimum Gasteiger partial charge on any atom is -0.461 e. The quantitative estimate of drug-likeness (QED) is 0.349. The van der Waals surface area contributed by atoms with Gasteiger partial charge in [0.2, 0.25) is 5.01 Å². The van der Waals surface area contributed by atoms with Crippen LogP contribution in [0, 0.1) is 0 Å². The summed E-state index contributed by atoms with van der Waals surface area (Å²) in [5.74, 6) is -1.01. The summed E-state index contributed by atoms with van der Waals surface area (Å²) in [6.45, 7) is 2.44. The van der Waals surface area contributed by atoms with E-state index in [0.717, 1.165) is 30.0 Å². The molecule has 3 rings (SSSR count). The molecule has 0 spiro atoms. The average molecular weight is 482 g/mol. The van der Waals surface area contributed by atoms with Crippen molar-refractivity contribution in [1.29, 1.82) is 0 Å². The van der Waals surface area contributed by atoms with E-state index in [1.807, 2.05) is 0 Å². The van der Waals surface area contributed by atoms with E-state index in [-0.39, 0.29) is 23.9 Å². The smallest absolute Gasteiger partial charge is 0.416 e. The number of rotatable bonds is 10. The van der Waals surface area contributed by atoms with Crippen molar-refractivity contribution in [2.24, 2.45) is 0 Å². The number of amides is 1. The molecule has 1 N–H and O–H groups in total. The summed E-state index contributed by atoms with van der Waals surface area (Å²) in [6.07, 6.45) is -0.847. The number of nitrogens with one attached hydrogen (secondary N) is 1. The highest BCUT2D eigenvalue weighted by molar-refractivity contribution is 7.13. The fourth-order valence-corrected chi connectivity index (χ4v) is 3.60. The summed E-state index contributed by atoms with van der Waals surface area (Å²) in [5.41, 5.74) is -0.371. The molecule has 1 aromatic carbocycles. The highest BCUT2D eigenvalue weighted by Gasteiger charge is 2.30. The number of aromatic nitrogens is 5. The van der Waals surface area contributed by atoms with Gasteiger partial charge in [-0.05, 0) is 37.5 Å². The molecule has 3 aromatic rings. The van der Waals surface area contributed by atoms with Gasteiger partial charge in [-0.25, -0.2) is 4.79 Å². The molecule has 0 atom stereocenters. The second-order valence-electron chi connectivity index (χ2n) is 6.93. The molecular formula is C20H21F3N6O3S. The van der Waals surface area contributed by atoms with Gasteiger partial charge in [0.15, 0.2) is 5.69 Å². The zero-order chi connectivity index (χ0) is 23.8. The Kier molecular flexibility index (Phi) is 8.09. The molecule has 0 aliphatic rings. The predicted molar refractivity (Wildman–Crippen MR) is 111 cm³/mol. The van der Waals surface area contributed by atoms with Crippen molar-refractivity contribution < 1.29 is 27.5 Å². The molecule has 9 nitrogen and oxygen atoms in total. The van der Waals surface area contributed by atoms with Crippen LogP contribution in [-0.2, 0) is 30.4 Å². The van der Waals surface area contributed by atoms with Gasteiger partial charge in [0.25, 0.3) is 5.91 Å². The number of carbonyl (C=O) groups is 2. The second kappa shape index (κ2) is 11.0. The van der Waals surface area contributed by atoms with Crippen molar-refractivity contribution in [2.45, 2.75) is 45.5 Å². The average Bonchev–Trinajstić information content (AvgIpc) is 3.45. The third kappa shape index (κ3) is 7.07. The van der Waals surface area contributed by atoms with Gasteiger partial charge in [0, 0.05) is 19.5 Å². The van der Waals surface area contributed by atoms with Gasteiger partial charge >= 0.3 is 12.1 Å². The number of nitrogens with zero attached hydrogens (tertiary/aromatic N) is 5. The zero-order valence-corrected chi connectivity index (χ0v) is 18.4. The van der Waals surface area contributed by atoms with Crippen LogP contribution in [0.25, 0.3) is 0 Å². The number of unbranched alkanes of at least 4 members (excludes halogenated alkanes) is 1. The first-order valence-electron chi connectivity index (χ1n) is 10.1. The highest BCUT2D eigenvalue weighted by atomic mass is 32.1. The van der Waals surface area contributed by atoms with Crippen LogP contribution >= 0.6 is 11.3 Å². The number of esters is 1. The monoisotopic (exact) mass is 482 g/mol. The van der Waals surface area contributed by atoms with Gasteiger partial charge in [-0.1, -0.05) is 28.7 Å². The first-order chi connectivity index (χ1) is 15.8. The van der Waals surface area contributed by atoms with Crippen LogP contribution in [0.2, 0.25) is 0 Å². The Hall–Kier alpha value is -3.35. The van der Waals surface area contributed by atoms with Crippen molar-refractivity contribution in [3.8, 4) is 0 Å². The Morgan fingerprint density at radius 3 is 2.76 bits per heavy atom. The van der Waals surface area contributed by atoms with Crippen LogP contribution in [0.15, 0.2) is 30.5 Å². The van der Waals surface area contributed by atoms with Gasteiger partial charge in [0.1, 0.15) is 5.01 Å². The molecule has 0 unspecified atom stereocenters. The molecule has 13 heteroatoms. The lowest BCUT2D eigenvalue weighted by Crippen LogP contribution is -2.23. The Morgan fingerprint density at radius 2 is 2.00 bits per heavy atom. The van der Waals surface area contributed by atoms with Crippen LogP contribution in [0.4, 0.5) is 13.2 Å². The summed E-state index contributed by atoms with van der Waals surface area (Å²) >= 11 is 1.19. The molecule has 0 saturated heterocycles. The lowest BCUT2D eigenvalue weighted by atomic mass is 10.1. The molecule has 0 radical (unpaired) electrons. The number of ether oxygens (including phenoxy) is 1. The summed E-state index contributed by atoms with van der Waals surface area (Å²) in [6, 6.07) is 4.76. The van der Waals surface area contributed by atoms with Crippen molar-refractivity contribution >= 4 is 23.2 Å². The Bertz CT molecular complexity index is 1100. The second-order valence-corrected chi connectivity index (χ2v) is 7.99. The lowest BCUT2D eigenvalue weighted by Gasteiger charge is -2.09. The van der Waals surface area contributed by atoms with E-state index in [9.17, 15) is 22.8 Å². The predicted octanol–water partition coefficient (Wildman–Crippen LogP) is 3.28. The maximum absolute atomic E-state index is 12.8. The molecule has 176 valence electrons. The first kappa shape index (κ1) is 24.3. The van der Waals surface area contributed by atoms with Crippen molar-refractivity contribution in [3.05, 3.63) is 57.3 Å². The van der Waals surface area contributed by atoms with E-state index in [0.29, 0.717) is 18.5 Å². The number of hydrogen-bond donors (Lipinski definition) is 1. The molecule has 0 saturated carbocycles. The summed E-state index contributed by atoms with van der Waals surface area (Å²) in [5, 5.41) is 19.0.